The van der Waals surface area contributed by atoms with E-state index in [1.807, 2.05) is 37.4 Å². The van der Waals surface area contributed by atoms with E-state index in [1.54, 1.807) is 0 Å². The van der Waals surface area contributed by atoms with Gasteiger partial charge in [-0.15, -0.1) is 0 Å². The summed E-state index contributed by atoms with van der Waals surface area (Å²) in [6.45, 7) is 4.90. The molecule has 0 aliphatic carbocycles. The molecule has 1 aromatic rings. The van der Waals surface area contributed by atoms with Gasteiger partial charge in [0.05, 0.1) is 13.2 Å². The Morgan fingerprint density at radius 2 is 2.00 bits per heavy atom. The highest BCUT2D eigenvalue weighted by Gasteiger charge is 2.28. The number of carbonyl (C=O) groups excluding carboxylic acids is 1. The normalized spacial score (nSPS) is 21.1. The molecule has 2 heterocycles. The van der Waals surface area contributed by atoms with Gasteiger partial charge in [-0.25, -0.2) is 4.79 Å². The third-order valence-corrected chi connectivity index (χ3v) is 3.45. The topological polar surface area (TPSA) is 51.1 Å². The van der Waals surface area contributed by atoms with Gasteiger partial charge in [-0.05, 0) is 12.5 Å². The van der Waals surface area contributed by atoms with Gasteiger partial charge in [-0.3, -0.25) is 0 Å². The van der Waals surface area contributed by atoms with Crippen molar-refractivity contribution in [3.05, 3.63) is 47.2 Å². The molecule has 20 heavy (non-hydrogen) atoms. The third-order valence-electron chi connectivity index (χ3n) is 3.45. The molecular formula is C15H16N2O3. The smallest absolute Gasteiger partial charge is 0.369 e. The van der Waals surface area contributed by atoms with Gasteiger partial charge in [-0.1, -0.05) is 29.4 Å². The number of hydrogen-bond donors (Lipinski definition) is 0. The van der Waals surface area contributed by atoms with E-state index >= 15 is 0 Å². The maximum Gasteiger partial charge on any atom is 0.369 e. The summed E-state index contributed by atoms with van der Waals surface area (Å²) in [6, 6.07) is 7.83. The molecule has 2 aliphatic rings. The fourth-order valence-electron chi connectivity index (χ4n) is 2.32. The molecule has 104 valence electrons. The highest BCUT2D eigenvalue weighted by molar-refractivity contribution is 6.29. The Morgan fingerprint density at radius 3 is 2.75 bits per heavy atom. The molecule has 0 N–H and O–H groups in total. The van der Waals surface area contributed by atoms with Crippen molar-refractivity contribution in [2.24, 2.45) is 5.16 Å². The van der Waals surface area contributed by atoms with Gasteiger partial charge in [0.1, 0.15) is 11.3 Å². The van der Waals surface area contributed by atoms with Gasteiger partial charge in [0.2, 0.25) is 0 Å². The summed E-state index contributed by atoms with van der Waals surface area (Å²) >= 11 is 0. The monoisotopic (exact) mass is 272 g/mol. The van der Waals surface area contributed by atoms with Crippen molar-refractivity contribution in [1.29, 1.82) is 0 Å². The van der Waals surface area contributed by atoms with Crippen molar-refractivity contribution >= 4 is 11.7 Å². The van der Waals surface area contributed by atoms with Crippen LogP contribution in [0.3, 0.4) is 0 Å². The average Bonchev–Trinajstić information content (AvgIpc) is 2.82. The summed E-state index contributed by atoms with van der Waals surface area (Å²) in [5.41, 5.74) is 3.12. The molecule has 5 nitrogen and oxygen atoms in total. The Morgan fingerprint density at radius 1 is 1.25 bits per heavy atom. The maximum absolute atomic E-state index is 11.9. The molecule has 1 aromatic carbocycles. The molecule has 0 aromatic heterocycles. The van der Waals surface area contributed by atoms with Crippen molar-refractivity contribution in [3.8, 4) is 0 Å². The van der Waals surface area contributed by atoms with E-state index in [2.05, 4.69) is 10.1 Å². The second-order valence-corrected chi connectivity index (χ2v) is 4.82. The first kappa shape index (κ1) is 12.9. The van der Waals surface area contributed by atoms with Crippen LogP contribution in [0.15, 0.2) is 41.2 Å². The van der Waals surface area contributed by atoms with E-state index in [9.17, 15) is 4.79 Å². The number of morpholine rings is 1. The summed E-state index contributed by atoms with van der Waals surface area (Å²) < 4.78 is 5.30. The fourth-order valence-corrected chi connectivity index (χ4v) is 2.32. The van der Waals surface area contributed by atoms with Gasteiger partial charge in [-0.2, -0.15) is 0 Å². The van der Waals surface area contributed by atoms with Crippen LogP contribution in [-0.4, -0.2) is 42.9 Å². The van der Waals surface area contributed by atoms with Crippen LogP contribution in [0.25, 0.3) is 0 Å². The molecule has 5 heteroatoms. The van der Waals surface area contributed by atoms with Crippen molar-refractivity contribution < 1.29 is 14.4 Å². The van der Waals surface area contributed by atoms with Gasteiger partial charge < -0.3 is 14.5 Å². The summed E-state index contributed by atoms with van der Waals surface area (Å²) in [5.74, 6) is -0.394. The van der Waals surface area contributed by atoms with Crippen molar-refractivity contribution in [3.63, 3.8) is 0 Å². The van der Waals surface area contributed by atoms with E-state index in [4.69, 9.17) is 9.57 Å². The van der Waals surface area contributed by atoms with Crippen LogP contribution in [0, 0.1) is 6.92 Å². The second kappa shape index (κ2) is 5.46. The summed E-state index contributed by atoms with van der Waals surface area (Å²) in [6.07, 6.45) is 1.84. The zero-order valence-corrected chi connectivity index (χ0v) is 11.3. The molecule has 0 spiro atoms. The first-order valence-corrected chi connectivity index (χ1v) is 6.65. The van der Waals surface area contributed by atoms with E-state index in [1.165, 1.54) is 0 Å². The number of hydrogen-bond acceptors (Lipinski definition) is 5. The number of oxime groups is 1. The van der Waals surface area contributed by atoms with Crippen LogP contribution in [-0.2, 0) is 14.4 Å². The van der Waals surface area contributed by atoms with Crippen LogP contribution in [0.4, 0.5) is 0 Å². The number of ether oxygens (including phenoxy) is 1. The molecule has 0 amide bonds. The summed E-state index contributed by atoms with van der Waals surface area (Å²) in [4.78, 5) is 18.8. The molecule has 1 fully saturated rings. The van der Waals surface area contributed by atoms with Crippen LogP contribution in [0.5, 0.6) is 0 Å². The maximum atomic E-state index is 11.9. The van der Waals surface area contributed by atoms with E-state index < -0.39 is 5.97 Å². The zero-order chi connectivity index (χ0) is 13.9. The van der Waals surface area contributed by atoms with Crippen LogP contribution in [0.2, 0.25) is 0 Å². The van der Waals surface area contributed by atoms with Gasteiger partial charge in [0, 0.05) is 24.9 Å². The summed E-state index contributed by atoms with van der Waals surface area (Å²) in [7, 11) is 0. The van der Waals surface area contributed by atoms with Crippen LogP contribution < -0.4 is 0 Å². The number of aryl methyl sites for hydroxylation is 1. The largest absolute Gasteiger partial charge is 0.378 e. The number of rotatable bonds is 2. The molecule has 3 rings (SSSR count). The molecule has 0 atom stereocenters. The molecule has 0 radical (unpaired) electrons. The average molecular weight is 272 g/mol. The van der Waals surface area contributed by atoms with Gasteiger partial charge >= 0.3 is 5.97 Å². The van der Waals surface area contributed by atoms with E-state index in [-0.39, 0.29) is 0 Å². The first-order valence-electron chi connectivity index (χ1n) is 6.65. The predicted octanol–water partition coefficient (Wildman–Crippen LogP) is 1.47. The molecular weight excluding hydrogens is 256 g/mol. The Bertz CT molecular complexity index is 587. The van der Waals surface area contributed by atoms with E-state index in [0.29, 0.717) is 24.5 Å². The Hall–Kier alpha value is -2.14. The van der Waals surface area contributed by atoms with Crippen LogP contribution in [0.1, 0.15) is 11.1 Å². The zero-order valence-electron chi connectivity index (χ0n) is 11.3. The molecule has 0 saturated carbocycles. The Balaban J connectivity index is 1.92. The predicted molar refractivity (Wildman–Crippen MR) is 74.3 cm³/mol. The van der Waals surface area contributed by atoms with Crippen molar-refractivity contribution in [2.45, 2.75) is 6.92 Å². The van der Waals surface area contributed by atoms with Crippen molar-refractivity contribution in [1.82, 2.24) is 4.90 Å². The number of benzene rings is 1. The highest BCUT2D eigenvalue weighted by Crippen LogP contribution is 2.21. The lowest BCUT2D eigenvalue weighted by molar-refractivity contribution is -0.137. The van der Waals surface area contributed by atoms with Crippen molar-refractivity contribution in [2.75, 3.05) is 26.3 Å². The molecule has 0 bridgehead atoms. The standard InChI is InChI=1S/C15H16N2O3/c1-11-4-2-3-5-12(11)14-13(15(18)20-16-14)10-17-6-8-19-9-7-17/h2-5,10H,6-9H2,1H3. The number of nitrogens with zero attached hydrogens (tertiary/aromatic N) is 2. The van der Waals surface area contributed by atoms with Gasteiger partial charge in [0.25, 0.3) is 0 Å². The third kappa shape index (κ3) is 2.44. The van der Waals surface area contributed by atoms with E-state index in [0.717, 1.165) is 24.2 Å². The quantitative estimate of drug-likeness (QED) is 0.604. The SMILES string of the molecule is Cc1ccccc1C1=NOC(=O)C1=CN1CCOCC1. The minimum absolute atomic E-state index is 0.394. The molecule has 2 aliphatic heterocycles. The summed E-state index contributed by atoms with van der Waals surface area (Å²) in [5, 5.41) is 3.94. The lowest BCUT2D eigenvalue weighted by Crippen LogP contribution is -2.33. The Labute approximate surface area is 117 Å². The lowest BCUT2D eigenvalue weighted by Gasteiger charge is -2.25. The minimum Gasteiger partial charge on any atom is -0.378 e. The molecule has 1 saturated heterocycles. The van der Waals surface area contributed by atoms with Gasteiger partial charge in [0.15, 0.2) is 0 Å². The first-order chi connectivity index (χ1) is 9.75. The lowest BCUT2D eigenvalue weighted by atomic mass is 9.99. The fraction of sp³-hybridized carbons (Fsp3) is 0.333. The number of carbonyl (C=O) groups is 1. The molecule has 0 unspecified atom stereocenters. The van der Waals surface area contributed by atoms with Crippen LogP contribution >= 0.6 is 0 Å². The minimum atomic E-state index is -0.394. The second-order valence-electron chi connectivity index (χ2n) is 4.82. The Kier molecular flexibility index (Phi) is 3.52. The highest BCUT2D eigenvalue weighted by atomic mass is 16.7.